The van der Waals surface area contributed by atoms with Crippen molar-refractivity contribution in [3.8, 4) is 11.1 Å². The summed E-state index contributed by atoms with van der Waals surface area (Å²) >= 11 is -1.27. The molecule has 0 saturated heterocycles. The zero-order valence-electron chi connectivity index (χ0n) is 15.6. The monoisotopic (exact) mass is 388 g/mol. The highest BCUT2D eigenvalue weighted by Crippen LogP contribution is 2.31. The number of nitrogen functional groups attached to an aromatic ring is 1. The lowest BCUT2D eigenvalue weighted by Crippen LogP contribution is -2.41. The lowest BCUT2D eigenvalue weighted by atomic mass is 10.0. The fraction of sp³-hybridized carbons (Fsp3) is 0.316. The number of hydrogen-bond donors (Lipinski definition) is 2. The topological polar surface area (TPSA) is 117 Å². The van der Waals surface area contributed by atoms with Crippen LogP contribution in [0.1, 0.15) is 38.9 Å². The number of anilines is 1. The second kappa shape index (κ2) is 8.51. The Bertz CT molecular complexity index is 836. The predicted octanol–water partition coefficient (Wildman–Crippen LogP) is 3.91. The maximum absolute atomic E-state index is 12.5. The molecule has 0 unspecified atom stereocenters. The van der Waals surface area contributed by atoms with Crippen LogP contribution in [0.15, 0.2) is 49.2 Å². The number of benzene rings is 1. The van der Waals surface area contributed by atoms with E-state index in [2.05, 4.69) is 16.3 Å². The van der Waals surface area contributed by atoms with E-state index in [0.717, 1.165) is 5.56 Å². The van der Waals surface area contributed by atoms with Crippen molar-refractivity contribution in [2.24, 2.45) is 0 Å². The van der Waals surface area contributed by atoms with E-state index in [0.29, 0.717) is 23.4 Å². The van der Waals surface area contributed by atoms with E-state index in [1.807, 2.05) is 26.8 Å². The van der Waals surface area contributed by atoms with Crippen LogP contribution < -0.4 is 10.5 Å². The van der Waals surface area contributed by atoms with Gasteiger partial charge in [-0.25, -0.2) is 0 Å². The predicted molar refractivity (Wildman–Crippen MR) is 109 cm³/mol. The first-order chi connectivity index (χ1) is 12.6. The third kappa shape index (κ3) is 5.29. The number of aromatic nitrogens is 1. The zero-order chi connectivity index (χ0) is 20.2. The van der Waals surface area contributed by atoms with Gasteiger partial charge in [0.1, 0.15) is 4.75 Å². The van der Waals surface area contributed by atoms with Crippen LogP contribution in [-0.2, 0) is 11.4 Å². The number of hydrogen-bond acceptors (Lipinski definition) is 6. The Morgan fingerprint density at radius 3 is 2.63 bits per heavy atom. The second-order valence-corrected chi connectivity index (χ2v) is 9.07. The number of nitrogens with two attached hydrogens (primary N) is 1. The van der Waals surface area contributed by atoms with Crippen molar-refractivity contribution in [2.45, 2.75) is 38.0 Å². The third-order valence-electron chi connectivity index (χ3n) is 3.90. The van der Waals surface area contributed by atoms with Gasteiger partial charge in [0, 0.05) is 40.9 Å². The summed E-state index contributed by atoms with van der Waals surface area (Å²) in [5.41, 5.74) is 8.42. The van der Waals surface area contributed by atoms with Crippen LogP contribution in [0.5, 0.6) is 0 Å². The van der Waals surface area contributed by atoms with Crippen LogP contribution in [0, 0.1) is 10.1 Å². The summed E-state index contributed by atoms with van der Waals surface area (Å²) in [5, 5.41) is 10.9. The highest BCUT2D eigenvalue weighted by atomic mass is 32.2. The molecule has 1 aromatic heterocycles. The van der Waals surface area contributed by atoms with Gasteiger partial charge < -0.3 is 10.3 Å². The smallest absolute Gasteiger partial charge is 0.271 e. The number of rotatable bonds is 7. The molecule has 7 nitrogen and oxygen atoms in total. The standard InChI is InChI=1S/C19H24N4O3S/c1-5-6-17(22-27(26)19(2,3)4)18-11-13(9-10-21-18)15-8-7-14(23(24)25)12-16(15)20/h5,7-12,17,22H,1,6,20H2,2-4H3/t17-,27+/m1/s1. The minimum atomic E-state index is -1.27. The molecule has 0 aliphatic carbocycles. The van der Waals surface area contributed by atoms with Gasteiger partial charge in [0.05, 0.1) is 16.7 Å². The average Bonchev–Trinajstić information content (AvgIpc) is 2.60. The lowest BCUT2D eigenvalue weighted by Gasteiger charge is -2.27. The number of nitro benzene ring substituents is 1. The van der Waals surface area contributed by atoms with Gasteiger partial charge in [-0.15, -0.1) is 11.3 Å². The molecule has 8 heteroatoms. The van der Waals surface area contributed by atoms with E-state index < -0.39 is 21.0 Å². The molecule has 2 atom stereocenters. The van der Waals surface area contributed by atoms with Gasteiger partial charge >= 0.3 is 0 Å². The summed E-state index contributed by atoms with van der Waals surface area (Å²) in [5.74, 6) is 0. The summed E-state index contributed by atoms with van der Waals surface area (Å²) in [6.07, 6.45) is 3.93. The van der Waals surface area contributed by atoms with Crippen molar-refractivity contribution in [3.63, 3.8) is 0 Å². The molecule has 0 saturated carbocycles. The molecule has 0 radical (unpaired) electrons. The van der Waals surface area contributed by atoms with E-state index in [1.165, 1.54) is 12.1 Å². The molecule has 0 spiro atoms. The van der Waals surface area contributed by atoms with Crippen molar-refractivity contribution in [1.29, 1.82) is 0 Å². The van der Waals surface area contributed by atoms with Gasteiger partial charge in [-0.1, -0.05) is 6.08 Å². The molecule has 1 heterocycles. The number of pyridine rings is 1. The van der Waals surface area contributed by atoms with E-state index in [-0.39, 0.29) is 11.7 Å². The molecule has 0 aliphatic rings. The Morgan fingerprint density at radius 2 is 2.07 bits per heavy atom. The summed E-state index contributed by atoms with van der Waals surface area (Å²) in [4.78, 5) is 14.8. The summed E-state index contributed by atoms with van der Waals surface area (Å²) in [6, 6.07) is 7.73. The quantitative estimate of drug-likeness (QED) is 0.244. The molecule has 2 aromatic rings. The van der Waals surface area contributed by atoms with Crippen molar-refractivity contribution in [1.82, 2.24) is 9.71 Å². The van der Waals surface area contributed by atoms with Crippen LogP contribution in [0.4, 0.5) is 11.4 Å². The molecule has 0 aliphatic heterocycles. The van der Waals surface area contributed by atoms with Gasteiger partial charge in [-0.3, -0.25) is 15.1 Å². The Morgan fingerprint density at radius 1 is 1.37 bits per heavy atom. The molecule has 0 bridgehead atoms. The molecule has 0 fully saturated rings. The fourth-order valence-electron chi connectivity index (χ4n) is 2.43. The minimum absolute atomic E-state index is 0.0581. The number of nitrogens with zero attached hydrogens (tertiary/aromatic N) is 2. The summed E-state index contributed by atoms with van der Waals surface area (Å²) < 4.78 is 15.2. The molecule has 144 valence electrons. The summed E-state index contributed by atoms with van der Waals surface area (Å²) in [7, 11) is 0. The highest BCUT2D eigenvalue weighted by Gasteiger charge is 2.30. The van der Waals surface area contributed by atoms with Gasteiger partial charge in [0.2, 0.25) is 0 Å². The Labute approximate surface area is 162 Å². The largest absolute Gasteiger partial charge is 0.598 e. The van der Waals surface area contributed by atoms with Crippen molar-refractivity contribution < 1.29 is 9.48 Å². The van der Waals surface area contributed by atoms with E-state index in [9.17, 15) is 14.7 Å². The SMILES string of the molecule is C=CC[C@@H](N[S@@+]([O-])C(C)(C)C)c1cc(-c2ccc([N+](=O)[O-])cc2N)ccn1. The van der Waals surface area contributed by atoms with E-state index >= 15 is 0 Å². The fourth-order valence-corrected chi connectivity index (χ4v) is 3.26. The number of non-ortho nitro benzene ring substituents is 1. The Balaban J connectivity index is 2.37. The third-order valence-corrected chi connectivity index (χ3v) is 5.51. The molecule has 0 amide bonds. The minimum Gasteiger partial charge on any atom is -0.598 e. The van der Waals surface area contributed by atoms with Gasteiger partial charge in [-0.05, 0) is 51.0 Å². The number of nitrogens with one attached hydrogen (secondary N) is 1. The van der Waals surface area contributed by atoms with Crippen molar-refractivity contribution in [3.05, 3.63) is 65.0 Å². The van der Waals surface area contributed by atoms with Crippen LogP contribution in [-0.4, -0.2) is 19.2 Å². The Kier molecular flexibility index (Phi) is 6.59. The van der Waals surface area contributed by atoms with E-state index in [4.69, 9.17) is 5.73 Å². The van der Waals surface area contributed by atoms with Gasteiger partial charge in [0.15, 0.2) is 0 Å². The first kappa shape index (κ1) is 20.9. The summed E-state index contributed by atoms with van der Waals surface area (Å²) in [6.45, 7) is 9.44. The molecule has 27 heavy (non-hydrogen) atoms. The van der Waals surface area contributed by atoms with Crippen molar-refractivity contribution in [2.75, 3.05) is 5.73 Å². The zero-order valence-corrected chi connectivity index (χ0v) is 16.5. The van der Waals surface area contributed by atoms with Crippen molar-refractivity contribution >= 4 is 22.7 Å². The molecule has 3 N–H and O–H groups in total. The van der Waals surface area contributed by atoms with Crippen LogP contribution >= 0.6 is 0 Å². The molecule has 2 rings (SSSR count). The van der Waals surface area contributed by atoms with Crippen LogP contribution in [0.25, 0.3) is 11.1 Å². The maximum Gasteiger partial charge on any atom is 0.271 e. The second-order valence-electron chi connectivity index (χ2n) is 7.07. The lowest BCUT2D eigenvalue weighted by molar-refractivity contribution is -0.384. The average molecular weight is 388 g/mol. The van der Waals surface area contributed by atoms with Gasteiger partial charge in [-0.2, -0.15) is 0 Å². The normalized spacial score (nSPS) is 13.8. The van der Waals surface area contributed by atoms with Gasteiger partial charge in [0.25, 0.3) is 5.69 Å². The highest BCUT2D eigenvalue weighted by molar-refractivity contribution is 7.90. The number of nitro groups is 1. The van der Waals surface area contributed by atoms with Crippen LogP contribution in [0.3, 0.4) is 0 Å². The molecular formula is C19H24N4O3S. The molecular weight excluding hydrogens is 364 g/mol. The first-order valence-electron chi connectivity index (χ1n) is 8.42. The van der Waals surface area contributed by atoms with E-state index in [1.54, 1.807) is 24.4 Å². The molecule has 1 aromatic carbocycles. The Hall–Kier alpha value is -2.42. The maximum atomic E-state index is 12.5. The van der Waals surface area contributed by atoms with Crippen LogP contribution in [0.2, 0.25) is 0 Å². The first-order valence-corrected chi connectivity index (χ1v) is 9.57.